The van der Waals surface area contributed by atoms with Crippen molar-refractivity contribution in [2.75, 3.05) is 25.0 Å². The highest BCUT2D eigenvalue weighted by Gasteiger charge is 2.21. The maximum Gasteiger partial charge on any atom is 0.255 e. The van der Waals surface area contributed by atoms with E-state index >= 15 is 0 Å². The summed E-state index contributed by atoms with van der Waals surface area (Å²) in [5.41, 5.74) is 0.828. The highest BCUT2D eigenvalue weighted by molar-refractivity contribution is 6.31. The molecule has 0 bridgehead atoms. The van der Waals surface area contributed by atoms with Crippen LogP contribution in [0.1, 0.15) is 36.0 Å². The molecular formula is C21H22ClFN2O3. The molecule has 2 aromatic carbocycles. The fourth-order valence-electron chi connectivity index (χ4n) is 3.08. The molecule has 2 aromatic rings. The number of benzene rings is 2. The van der Waals surface area contributed by atoms with Crippen molar-refractivity contribution in [2.24, 2.45) is 0 Å². The topological polar surface area (TPSA) is 58.6 Å². The molecule has 1 heterocycles. The predicted molar refractivity (Wildman–Crippen MR) is 106 cm³/mol. The Balaban J connectivity index is 1.60. The Bertz CT molecular complexity index is 836. The molecule has 3 rings (SSSR count). The zero-order valence-electron chi connectivity index (χ0n) is 15.4. The van der Waals surface area contributed by atoms with Gasteiger partial charge < -0.3 is 15.0 Å². The fraction of sp³-hybridized carbons (Fsp3) is 0.333. The van der Waals surface area contributed by atoms with Crippen LogP contribution in [0.3, 0.4) is 0 Å². The quantitative estimate of drug-likeness (QED) is 0.770. The second-order valence-electron chi connectivity index (χ2n) is 6.64. The second kappa shape index (κ2) is 9.55. The smallest absolute Gasteiger partial charge is 0.255 e. The van der Waals surface area contributed by atoms with Crippen LogP contribution in [-0.2, 0) is 4.79 Å². The predicted octanol–water partition coefficient (Wildman–Crippen LogP) is 4.51. The van der Waals surface area contributed by atoms with Gasteiger partial charge in [-0.2, -0.15) is 0 Å². The number of hydrogen-bond acceptors (Lipinski definition) is 3. The van der Waals surface area contributed by atoms with Crippen molar-refractivity contribution in [2.45, 2.75) is 25.7 Å². The number of rotatable bonds is 6. The third-order valence-corrected chi connectivity index (χ3v) is 4.78. The van der Waals surface area contributed by atoms with Gasteiger partial charge in [-0.05, 0) is 61.7 Å². The van der Waals surface area contributed by atoms with E-state index in [9.17, 15) is 14.0 Å². The summed E-state index contributed by atoms with van der Waals surface area (Å²) in [7, 11) is 0. The van der Waals surface area contributed by atoms with E-state index in [1.807, 2.05) is 0 Å². The van der Waals surface area contributed by atoms with E-state index in [1.165, 1.54) is 24.3 Å². The molecule has 7 heteroatoms. The van der Waals surface area contributed by atoms with Crippen LogP contribution in [0.5, 0.6) is 5.75 Å². The highest BCUT2D eigenvalue weighted by atomic mass is 35.5. The molecule has 5 nitrogen and oxygen atoms in total. The van der Waals surface area contributed by atoms with Crippen LogP contribution in [0, 0.1) is 5.82 Å². The van der Waals surface area contributed by atoms with Gasteiger partial charge in [0.2, 0.25) is 5.91 Å². The maximum atomic E-state index is 12.9. The SMILES string of the molecule is O=C(CCOc1ccc(F)cc1)Nc1cc(Cl)ccc1C(=O)N1CCCCC1. The summed E-state index contributed by atoms with van der Waals surface area (Å²) in [6.07, 6.45) is 3.19. The van der Waals surface area contributed by atoms with Crippen molar-refractivity contribution in [1.82, 2.24) is 4.90 Å². The molecule has 0 aliphatic carbocycles. The lowest BCUT2D eigenvalue weighted by atomic mass is 10.1. The summed E-state index contributed by atoms with van der Waals surface area (Å²) in [5, 5.41) is 3.19. The lowest BCUT2D eigenvalue weighted by molar-refractivity contribution is -0.116. The summed E-state index contributed by atoms with van der Waals surface area (Å²) in [5.74, 6) is -0.263. The number of nitrogens with zero attached hydrogens (tertiary/aromatic N) is 1. The van der Waals surface area contributed by atoms with E-state index in [1.54, 1.807) is 23.1 Å². The second-order valence-corrected chi connectivity index (χ2v) is 7.08. The van der Waals surface area contributed by atoms with Crippen molar-refractivity contribution >= 4 is 29.1 Å². The molecule has 0 radical (unpaired) electrons. The van der Waals surface area contributed by atoms with Gasteiger partial charge >= 0.3 is 0 Å². The van der Waals surface area contributed by atoms with Gasteiger partial charge in [-0.1, -0.05) is 11.6 Å². The largest absolute Gasteiger partial charge is 0.493 e. The zero-order chi connectivity index (χ0) is 19.9. The minimum absolute atomic E-state index is 0.0846. The molecule has 0 atom stereocenters. The Morgan fingerprint density at radius 2 is 1.79 bits per heavy atom. The molecule has 1 fully saturated rings. The molecular weight excluding hydrogens is 383 g/mol. The number of anilines is 1. The minimum Gasteiger partial charge on any atom is -0.493 e. The summed E-state index contributed by atoms with van der Waals surface area (Å²) in [6.45, 7) is 1.58. The number of piperidine rings is 1. The standard InChI is InChI=1S/C21H22ClFN2O3/c22-15-4-9-18(21(27)25-11-2-1-3-12-25)19(14-15)24-20(26)10-13-28-17-7-5-16(23)6-8-17/h4-9,14H,1-3,10-13H2,(H,24,26). The molecule has 0 saturated carbocycles. The molecule has 2 amide bonds. The molecule has 0 aromatic heterocycles. The van der Waals surface area contributed by atoms with Gasteiger partial charge in [0.05, 0.1) is 24.3 Å². The van der Waals surface area contributed by atoms with E-state index in [-0.39, 0.29) is 30.7 Å². The molecule has 148 valence electrons. The number of carbonyl (C=O) groups is 2. The Hall–Kier alpha value is -2.60. The monoisotopic (exact) mass is 404 g/mol. The molecule has 1 N–H and O–H groups in total. The Morgan fingerprint density at radius 3 is 2.50 bits per heavy atom. The van der Waals surface area contributed by atoms with Crippen LogP contribution >= 0.6 is 11.6 Å². The lowest BCUT2D eigenvalue weighted by Crippen LogP contribution is -2.36. The van der Waals surface area contributed by atoms with E-state index in [2.05, 4.69) is 5.32 Å². The average Bonchev–Trinajstić information content (AvgIpc) is 2.70. The first-order chi connectivity index (χ1) is 13.5. The van der Waals surface area contributed by atoms with Crippen molar-refractivity contribution in [3.63, 3.8) is 0 Å². The van der Waals surface area contributed by atoms with Crippen LogP contribution in [0.25, 0.3) is 0 Å². The van der Waals surface area contributed by atoms with E-state index < -0.39 is 0 Å². The number of likely N-dealkylation sites (tertiary alicyclic amines) is 1. The molecule has 1 saturated heterocycles. The number of hydrogen-bond donors (Lipinski definition) is 1. The summed E-state index contributed by atoms with van der Waals surface area (Å²) in [4.78, 5) is 26.9. The van der Waals surface area contributed by atoms with Crippen LogP contribution in [0.15, 0.2) is 42.5 Å². The first-order valence-electron chi connectivity index (χ1n) is 9.30. The van der Waals surface area contributed by atoms with Crippen LogP contribution in [-0.4, -0.2) is 36.4 Å². The van der Waals surface area contributed by atoms with Crippen LogP contribution < -0.4 is 10.1 Å². The molecule has 1 aliphatic rings. The van der Waals surface area contributed by atoms with E-state index in [4.69, 9.17) is 16.3 Å². The van der Waals surface area contributed by atoms with Crippen LogP contribution in [0.4, 0.5) is 10.1 Å². The van der Waals surface area contributed by atoms with Crippen molar-refractivity contribution in [3.8, 4) is 5.75 Å². The molecule has 0 spiro atoms. The minimum atomic E-state index is -0.350. The van der Waals surface area contributed by atoms with Gasteiger partial charge in [-0.25, -0.2) is 4.39 Å². The van der Waals surface area contributed by atoms with Gasteiger partial charge in [0.25, 0.3) is 5.91 Å². The lowest BCUT2D eigenvalue weighted by Gasteiger charge is -2.27. The van der Waals surface area contributed by atoms with Crippen molar-refractivity contribution in [3.05, 3.63) is 58.9 Å². The molecule has 0 unspecified atom stereocenters. The Kier molecular flexibility index (Phi) is 6.87. The van der Waals surface area contributed by atoms with Crippen molar-refractivity contribution in [1.29, 1.82) is 0 Å². The summed E-state index contributed by atoms with van der Waals surface area (Å²) >= 11 is 6.06. The number of nitrogens with one attached hydrogen (secondary N) is 1. The number of carbonyl (C=O) groups excluding carboxylic acids is 2. The maximum absolute atomic E-state index is 12.9. The number of ether oxygens (including phenoxy) is 1. The zero-order valence-corrected chi connectivity index (χ0v) is 16.2. The van der Waals surface area contributed by atoms with Gasteiger partial charge in [0.15, 0.2) is 0 Å². The normalized spacial score (nSPS) is 13.9. The van der Waals surface area contributed by atoms with Crippen LogP contribution in [0.2, 0.25) is 5.02 Å². The first kappa shape index (κ1) is 20.1. The van der Waals surface area contributed by atoms with E-state index in [0.29, 0.717) is 22.0 Å². The Morgan fingerprint density at radius 1 is 1.07 bits per heavy atom. The summed E-state index contributed by atoms with van der Waals surface area (Å²) < 4.78 is 18.3. The van der Waals surface area contributed by atoms with Gasteiger partial charge in [-0.15, -0.1) is 0 Å². The number of halogens is 2. The fourth-order valence-corrected chi connectivity index (χ4v) is 3.25. The average molecular weight is 405 g/mol. The first-order valence-corrected chi connectivity index (χ1v) is 9.68. The third-order valence-electron chi connectivity index (χ3n) is 4.54. The molecule has 1 aliphatic heterocycles. The van der Waals surface area contributed by atoms with Gasteiger partial charge in [0.1, 0.15) is 11.6 Å². The molecule has 28 heavy (non-hydrogen) atoms. The van der Waals surface area contributed by atoms with E-state index in [0.717, 1.165) is 32.4 Å². The Labute approximate surface area is 168 Å². The number of amides is 2. The third kappa shape index (κ3) is 5.45. The van der Waals surface area contributed by atoms with Gasteiger partial charge in [0, 0.05) is 18.1 Å². The van der Waals surface area contributed by atoms with Gasteiger partial charge in [-0.3, -0.25) is 9.59 Å². The summed E-state index contributed by atoms with van der Waals surface area (Å²) in [6, 6.07) is 10.5. The highest BCUT2D eigenvalue weighted by Crippen LogP contribution is 2.24. The van der Waals surface area contributed by atoms with Crippen molar-refractivity contribution < 1.29 is 18.7 Å².